The Hall–Kier alpha value is -3.66. The van der Waals surface area contributed by atoms with Crippen LogP contribution in [0.15, 0.2) is 48.8 Å². The van der Waals surface area contributed by atoms with Gasteiger partial charge in [-0.15, -0.1) is 0 Å². The smallest absolute Gasteiger partial charge is 0.251 e. The summed E-state index contributed by atoms with van der Waals surface area (Å²) in [7, 11) is 0. The third-order valence-corrected chi connectivity index (χ3v) is 5.39. The second-order valence-corrected chi connectivity index (χ2v) is 7.39. The van der Waals surface area contributed by atoms with E-state index in [-0.39, 0.29) is 31.0 Å². The van der Waals surface area contributed by atoms with Crippen LogP contribution in [0.2, 0.25) is 0 Å². The zero-order valence-electron chi connectivity index (χ0n) is 16.2. The Morgan fingerprint density at radius 1 is 1.10 bits per heavy atom. The number of nitrogens with one attached hydrogen (secondary N) is 2. The second kappa shape index (κ2) is 7.55. The predicted molar refractivity (Wildman–Crippen MR) is 105 cm³/mol. The van der Waals surface area contributed by atoms with Gasteiger partial charge in [0.15, 0.2) is 23.1 Å². The molecule has 2 aromatic carbocycles. The Labute approximate surface area is 176 Å². The molecule has 3 heterocycles. The van der Waals surface area contributed by atoms with Crippen LogP contribution in [0.5, 0.6) is 11.5 Å². The number of rotatable bonds is 4. The Morgan fingerprint density at radius 2 is 1.94 bits per heavy atom. The molecule has 0 bridgehead atoms. The van der Waals surface area contributed by atoms with Gasteiger partial charge in [-0.3, -0.25) is 9.59 Å². The maximum atomic E-state index is 13.3. The monoisotopic (exact) mass is 428 g/mol. The van der Waals surface area contributed by atoms with Gasteiger partial charge < -0.3 is 24.7 Å². The van der Waals surface area contributed by atoms with E-state index in [2.05, 4.69) is 10.7 Å². The molecule has 10 heteroatoms. The van der Waals surface area contributed by atoms with Gasteiger partial charge in [0.1, 0.15) is 12.6 Å². The largest absolute Gasteiger partial charge is 0.454 e. The molecule has 0 radical (unpaired) electrons. The highest BCUT2D eigenvalue weighted by molar-refractivity contribution is 5.96. The molecule has 2 N–H and O–H groups in total. The van der Waals surface area contributed by atoms with E-state index in [9.17, 15) is 18.4 Å². The van der Waals surface area contributed by atoms with Crippen LogP contribution >= 0.6 is 0 Å². The first kappa shape index (κ1) is 19.3. The summed E-state index contributed by atoms with van der Waals surface area (Å²) in [6.45, 7) is -0.0538. The summed E-state index contributed by atoms with van der Waals surface area (Å²) in [5.41, 5.74) is 4.36. The SMILES string of the molecule is O=C(CN1C=CN2NC(c3ccc4c(c3)OCO4)CC2C1=O)Nc1ccc(F)c(F)c1. The molecule has 0 spiro atoms. The van der Waals surface area contributed by atoms with Gasteiger partial charge in [0.2, 0.25) is 12.7 Å². The van der Waals surface area contributed by atoms with E-state index in [0.717, 1.165) is 17.7 Å². The van der Waals surface area contributed by atoms with Crippen molar-refractivity contribution in [2.75, 3.05) is 18.7 Å². The fourth-order valence-electron chi connectivity index (χ4n) is 3.84. The highest BCUT2D eigenvalue weighted by Gasteiger charge is 2.40. The van der Waals surface area contributed by atoms with Crippen LogP contribution in [0.1, 0.15) is 18.0 Å². The molecule has 0 saturated carbocycles. The third kappa shape index (κ3) is 3.66. The lowest BCUT2D eigenvalue weighted by molar-refractivity contribution is -0.137. The van der Waals surface area contributed by atoms with Gasteiger partial charge in [0.05, 0.1) is 6.04 Å². The average molecular weight is 428 g/mol. The van der Waals surface area contributed by atoms with E-state index in [1.807, 2.05) is 18.2 Å². The summed E-state index contributed by atoms with van der Waals surface area (Å²) >= 11 is 0. The molecule has 8 nitrogen and oxygen atoms in total. The summed E-state index contributed by atoms with van der Waals surface area (Å²) < 4.78 is 37.1. The molecule has 2 unspecified atom stereocenters. The molecule has 1 fully saturated rings. The van der Waals surface area contributed by atoms with Crippen LogP contribution < -0.4 is 20.2 Å². The van der Waals surface area contributed by atoms with E-state index in [4.69, 9.17) is 9.47 Å². The number of benzene rings is 2. The van der Waals surface area contributed by atoms with Crippen molar-refractivity contribution in [2.45, 2.75) is 18.5 Å². The molecule has 2 aromatic rings. The summed E-state index contributed by atoms with van der Waals surface area (Å²) in [6, 6.07) is 8.13. The maximum absolute atomic E-state index is 13.3. The minimum atomic E-state index is -1.06. The van der Waals surface area contributed by atoms with Crippen LogP contribution in [0.25, 0.3) is 0 Å². The van der Waals surface area contributed by atoms with Gasteiger partial charge in [-0.1, -0.05) is 6.07 Å². The van der Waals surface area contributed by atoms with E-state index in [1.54, 1.807) is 11.2 Å². The van der Waals surface area contributed by atoms with Crippen molar-refractivity contribution < 1.29 is 27.8 Å². The first-order chi connectivity index (χ1) is 15.0. The quantitative estimate of drug-likeness (QED) is 0.778. The number of carbonyl (C=O) groups excluding carboxylic acids is 2. The molecule has 1 saturated heterocycles. The minimum absolute atomic E-state index is 0.107. The molecule has 0 aliphatic carbocycles. The normalized spacial score (nSPS) is 21.4. The lowest BCUT2D eigenvalue weighted by Crippen LogP contribution is -2.49. The van der Waals surface area contributed by atoms with E-state index in [1.165, 1.54) is 17.2 Å². The highest BCUT2D eigenvalue weighted by Crippen LogP contribution is 2.37. The summed E-state index contributed by atoms with van der Waals surface area (Å²) in [6.07, 6.45) is 3.71. The summed E-state index contributed by atoms with van der Waals surface area (Å²) in [5, 5.41) is 4.19. The average Bonchev–Trinajstić information content (AvgIpc) is 3.39. The lowest BCUT2D eigenvalue weighted by atomic mass is 10.0. The van der Waals surface area contributed by atoms with Crippen molar-refractivity contribution in [1.29, 1.82) is 0 Å². The molecule has 31 heavy (non-hydrogen) atoms. The number of nitrogens with zero attached hydrogens (tertiary/aromatic N) is 2. The first-order valence-corrected chi connectivity index (χ1v) is 9.66. The van der Waals surface area contributed by atoms with Gasteiger partial charge in [-0.05, 0) is 36.2 Å². The Bertz CT molecular complexity index is 1090. The maximum Gasteiger partial charge on any atom is 0.251 e. The van der Waals surface area contributed by atoms with Crippen molar-refractivity contribution in [2.24, 2.45) is 0 Å². The van der Waals surface area contributed by atoms with Crippen molar-refractivity contribution >= 4 is 17.5 Å². The fraction of sp³-hybridized carbons (Fsp3) is 0.238. The van der Waals surface area contributed by atoms with Crippen molar-refractivity contribution in [1.82, 2.24) is 15.3 Å². The molecule has 2 atom stereocenters. The zero-order chi connectivity index (χ0) is 21.5. The number of hydrogen-bond donors (Lipinski definition) is 2. The molecule has 3 aliphatic heterocycles. The number of fused-ring (bicyclic) bond motifs is 2. The number of hydrazine groups is 1. The van der Waals surface area contributed by atoms with Crippen LogP contribution in [0, 0.1) is 11.6 Å². The molecular formula is C21H18F2N4O4. The van der Waals surface area contributed by atoms with Crippen molar-refractivity contribution in [3.63, 3.8) is 0 Å². The number of anilines is 1. The topological polar surface area (TPSA) is 83.1 Å². The molecule has 3 aliphatic rings. The van der Waals surface area contributed by atoms with Crippen LogP contribution in [0.4, 0.5) is 14.5 Å². The number of carbonyl (C=O) groups is 2. The summed E-state index contributed by atoms with van der Waals surface area (Å²) in [5.74, 6) is -1.46. The van der Waals surface area contributed by atoms with E-state index >= 15 is 0 Å². The highest BCUT2D eigenvalue weighted by atomic mass is 19.2. The van der Waals surface area contributed by atoms with Gasteiger partial charge in [0.25, 0.3) is 5.91 Å². The number of ether oxygens (including phenoxy) is 2. The van der Waals surface area contributed by atoms with Crippen molar-refractivity contribution in [3.8, 4) is 11.5 Å². The first-order valence-electron chi connectivity index (χ1n) is 9.66. The number of amides is 2. The lowest BCUT2D eigenvalue weighted by Gasteiger charge is -2.31. The fourth-order valence-corrected chi connectivity index (χ4v) is 3.84. The van der Waals surface area contributed by atoms with Gasteiger partial charge in [-0.25, -0.2) is 14.2 Å². The van der Waals surface area contributed by atoms with Gasteiger partial charge >= 0.3 is 0 Å². The number of hydrogen-bond acceptors (Lipinski definition) is 6. The Kier molecular flexibility index (Phi) is 4.70. The third-order valence-electron chi connectivity index (χ3n) is 5.39. The van der Waals surface area contributed by atoms with Crippen molar-refractivity contribution in [3.05, 3.63) is 66.0 Å². The number of halogens is 2. The standard InChI is InChI=1S/C21H18F2N4O4/c22-14-3-2-13(8-15(14)23)24-20(28)10-26-5-6-27-17(21(26)29)9-16(25-27)12-1-4-18-19(7-12)31-11-30-18/h1-8,16-17,25H,9-11H2,(H,24,28). The molecule has 2 amide bonds. The predicted octanol–water partition coefficient (Wildman–Crippen LogP) is 2.27. The molecule has 0 aromatic heterocycles. The zero-order valence-corrected chi connectivity index (χ0v) is 16.2. The van der Waals surface area contributed by atoms with E-state index < -0.39 is 23.6 Å². The van der Waals surface area contributed by atoms with Crippen LogP contribution in [-0.4, -0.2) is 41.1 Å². The Balaban J connectivity index is 1.23. The Morgan fingerprint density at radius 3 is 2.77 bits per heavy atom. The van der Waals surface area contributed by atoms with E-state index in [0.29, 0.717) is 17.9 Å². The van der Waals surface area contributed by atoms with Crippen LogP contribution in [0.3, 0.4) is 0 Å². The van der Waals surface area contributed by atoms with Gasteiger partial charge in [0, 0.05) is 24.2 Å². The summed E-state index contributed by atoms with van der Waals surface area (Å²) in [4.78, 5) is 26.5. The molecule has 5 rings (SSSR count). The van der Waals surface area contributed by atoms with Crippen LogP contribution in [-0.2, 0) is 9.59 Å². The minimum Gasteiger partial charge on any atom is -0.454 e. The second-order valence-electron chi connectivity index (χ2n) is 7.39. The molecule has 160 valence electrons. The molecular weight excluding hydrogens is 410 g/mol. The van der Waals surface area contributed by atoms with Gasteiger partial charge in [-0.2, -0.15) is 0 Å².